The van der Waals surface area contributed by atoms with E-state index < -0.39 is 10.0 Å². The minimum Gasteiger partial charge on any atom is -0.494 e. The number of hydrogen-bond donors (Lipinski definition) is 3. The molecule has 3 N–H and O–H groups in total. The van der Waals surface area contributed by atoms with E-state index >= 15 is 0 Å². The molecule has 0 radical (unpaired) electrons. The molecule has 0 atom stereocenters. The van der Waals surface area contributed by atoms with Crippen LogP contribution in [0.2, 0.25) is 0 Å². The predicted octanol–water partition coefficient (Wildman–Crippen LogP) is 4.99. The molecule has 0 saturated heterocycles. The highest BCUT2D eigenvalue weighted by molar-refractivity contribution is 7.92. The van der Waals surface area contributed by atoms with Crippen LogP contribution in [0.15, 0.2) is 66.7 Å². The van der Waals surface area contributed by atoms with Crippen molar-refractivity contribution in [2.45, 2.75) is 0 Å². The van der Waals surface area contributed by atoms with Gasteiger partial charge in [-0.05, 0) is 36.4 Å². The lowest BCUT2D eigenvalue weighted by atomic mass is 10.1. The molecule has 5 rings (SSSR count). The van der Waals surface area contributed by atoms with E-state index in [-0.39, 0.29) is 0 Å². The molecule has 31 heavy (non-hydrogen) atoms. The largest absolute Gasteiger partial charge is 0.494 e. The second-order valence-electron chi connectivity index (χ2n) is 7.34. The van der Waals surface area contributed by atoms with Crippen molar-refractivity contribution < 1.29 is 13.2 Å². The maximum absolute atomic E-state index is 11.5. The maximum Gasteiger partial charge on any atom is 0.229 e. The Balaban J connectivity index is 1.63. The Morgan fingerprint density at radius 3 is 2.58 bits per heavy atom. The van der Waals surface area contributed by atoms with Crippen LogP contribution in [0.3, 0.4) is 0 Å². The van der Waals surface area contributed by atoms with Crippen molar-refractivity contribution in [3.05, 3.63) is 66.7 Å². The number of H-pyrrole nitrogens is 1. The molecule has 8 heteroatoms. The van der Waals surface area contributed by atoms with Crippen LogP contribution in [0.4, 0.5) is 17.1 Å². The molecule has 0 unspecified atom stereocenters. The van der Waals surface area contributed by atoms with Gasteiger partial charge in [-0.3, -0.25) is 4.72 Å². The fourth-order valence-electron chi connectivity index (χ4n) is 3.78. The molecular formula is C23H20N4O3S. The van der Waals surface area contributed by atoms with Crippen molar-refractivity contribution >= 4 is 59.9 Å². The van der Waals surface area contributed by atoms with Gasteiger partial charge < -0.3 is 15.0 Å². The highest BCUT2D eigenvalue weighted by Crippen LogP contribution is 2.36. The Bertz CT molecular complexity index is 1560. The van der Waals surface area contributed by atoms with Gasteiger partial charge in [-0.2, -0.15) is 0 Å². The number of pyridine rings is 1. The highest BCUT2D eigenvalue weighted by Gasteiger charge is 2.14. The summed E-state index contributed by atoms with van der Waals surface area (Å²) in [5.41, 5.74) is 5.76. The highest BCUT2D eigenvalue weighted by atomic mass is 32.2. The van der Waals surface area contributed by atoms with E-state index in [1.54, 1.807) is 25.3 Å². The van der Waals surface area contributed by atoms with Gasteiger partial charge in [0.2, 0.25) is 10.0 Å². The molecule has 0 aliphatic heterocycles. The third-order valence-corrected chi connectivity index (χ3v) is 5.68. The first kappa shape index (κ1) is 19.2. The molecule has 2 heterocycles. The number of benzene rings is 3. The first-order valence-corrected chi connectivity index (χ1v) is 11.5. The summed E-state index contributed by atoms with van der Waals surface area (Å²) in [7, 11) is -1.83. The van der Waals surface area contributed by atoms with Crippen LogP contribution in [0, 0.1) is 0 Å². The molecule has 0 spiro atoms. The second kappa shape index (κ2) is 7.17. The number of nitrogens with zero attached hydrogens (tertiary/aromatic N) is 1. The number of aromatic amines is 1. The van der Waals surface area contributed by atoms with Crippen LogP contribution in [0.1, 0.15) is 0 Å². The summed E-state index contributed by atoms with van der Waals surface area (Å²) in [6.07, 6.45) is 1.11. The Kier molecular flexibility index (Phi) is 4.44. The van der Waals surface area contributed by atoms with Gasteiger partial charge in [0, 0.05) is 16.8 Å². The van der Waals surface area contributed by atoms with Crippen LogP contribution in [0.25, 0.3) is 32.8 Å². The van der Waals surface area contributed by atoms with Crippen molar-refractivity contribution in [1.82, 2.24) is 9.97 Å². The monoisotopic (exact) mass is 432 g/mol. The number of aromatic nitrogens is 2. The Morgan fingerprint density at radius 1 is 0.935 bits per heavy atom. The molecule has 156 valence electrons. The molecular weight excluding hydrogens is 412 g/mol. The molecule has 0 aliphatic rings. The van der Waals surface area contributed by atoms with Gasteiger partial charge in [-0.15, -0.1) is 0 Å². The van der Waals surface area contributed by atoms with Gasteiger partial charge in [0.15, 0.2) is 0 Å². The average Bonchev–Trinajstić information content (AvgIpc) is 3.10. The second-order valence-corrected chi connectivity index (χ2v) is 9.09. The van der Waals surface area contributed by atoms with Crippen molar-refractivity contribution in [3.63, 3.8) is 0 Å². The van der Waals surface area contributed by atoms with Gasteiger partial charge in [0.25, 0.3) is 0 Å². The van der Waals surface area contributed by atoms with E-state index in [4.69, 9.17) is 9.72 Å². The Morgan fingerprint density at radius 2 is 1.77 bits per heavy atom. The van der Waals surface area contributed by atoms with E-state index in [1.807, 2.05) is 42.5 Å². The number of nitrogens with one attached hydrogen (secondary N) is 3. The van der Waals surface area contributed by atoms with E-state index in [0.29, 0.717) is 17.1 Å². The third-order valence-electron chi connectivity index (χ3n) is 5.07. The molecule has 0 saturated carbocycles. The minimum atomic E-state index is -3.38. The molecule has 0 fully saturated rings. The minimum absolute atomic E-state index is 0.434. The average molecular weight is 433 g/mol. The lowest BCUT2D eigenvalue weighted by Crippen LogP contribution is -2.09. The normalized spacial score (nSPS) is 11.8. The summed E-state index contributed by atoms with van der Waals surface area (Å²) >= 11 is 0. The zero-order valence-electron chi connectivity index (χ0n) is 16.9. The zero-order valence-corrected chi connectivity index (χ0v) is 17.7. The van der Waals surface area contributed by atoms with Crippen molar-refractivity contribution in [3.8, 4) is 5.75 Å². The quantitative estimate of drug-likeness (QED) is 0.363. The molecule has 7 nitrogen and oxygen atoms in total. The number of fused-ring (bicyclic) bond motifs is 4. The van der Waals surface area contributed by atoms with E-state index in [9.17, 15) is 8.42 Å². The standard InChI is InChI=1S/C23H20N4O3S/c1-30-21-13-15(27-31(2,28)29)10-11-17(21)24-18-8-5-9-19-22(18)23-20(25-19)12-14-6-3-4-7-16(14)26-23/h3-13,24-25,27H,1-2H3. The number of rotatable bonds is 5. The summed E-state index contributed by atoms with van der Waals surface area (Å²) in [5, 5.41) is 5.47. The summed E-state index contributed by atoms with van der Waals surface area (Å²) in [5.74, 6) is 0.518. The molecule has 0 aliphatic carbocycles. The van der Waals surface area contributed by atoms with Gasteiger partial charge in [0.05, 0.1) is 52.5 Å². The molecule has 0 amide bonds. The fraction of sp³-hybridized carbons (Fsp3) is 0.0870. The van der Waals surface area contributed by atoms with Gasteiger partial charge in [-0.25, -0.2) is 13.4 Å². The van der Waals surface area contributed by atoms with Crippen LogP contribution >= 0.6 is 0 Å². The zero-order chi connectivity index (χ0) is 21.6. The topological polar surface area (TPSA) is 96.1 Å². The van der Waals surface area contributed by atoms with Crippen LogP contribution < -0.4 is 14.8 Å². The van der Waals surface area contributed by atoms with Gasteiger partial charge in [0.1, 0.15) is 5.75 Å². The van der Waals surface area contributed by atoms with Crippen molar-refractivity contribution in [1.29, 1.82) is 0 Å². The summed E-state index contributed by atoms with van der Waals surface area (Å²) in [6.45, 7) is 0. The Labute approximate surface area is 179 Å². The first-order chi connectivity index (χ1) is 14.9. The van der Waals surface area contributed by atoms with E-state index in [1.165, 1.54) is 0 Å². The lowest BCUT2D eigenvalue weighted by Gasteiger charge is -2.14. The van der Waals surface area contributed by atoms with Crippen LogP contribution in [-0.4, -0.2) is 31.8 Å². The SMILES string of the molecule is COc1cc(NS(C)(=O)=O)ccc1Nc1cccc2[nH]c3cc4ccccc4nc3c12. The number of anilines is 3. The number of ether oxygens (including phenoxy) is 1. The third kappa shape index (κ3) is 3.62. The van der Waals surface area contributed by atoms with Gasteiger partial charge >= 0.3 is 0 Å². The number of methoxy groups -OCH3 is 1. The number of hydrogen-bond acceptors (Lipinski definition) is 5. The summed E-state index contributed by atoms with van der Waals surface area (Å²) in [4.78, 5) is 8.34. The van der Waals surface area contributed by atoms with Crippen molar-refractivity contribution in [2.75, 3.05) is 23.4 Å². The van der Waals surface area contributed by atoms with Crippen molar-refractivity contribution in [2.24, 2.45) is 0 Å². The molecule has 2 aromatic heterocycles. The van der Waals surface area contributed by atoms with Crippen LogP contribution in [0.5, 0.6) is 5.75 Å². The van der Waals surface area contributed by atoms with Crippen LogP contribution in [-0.2, 0) is 10.0 Å². The number of sulfonamides is 1. The Hall–Kier alpha value is -3.78. The maximum atomic E-state index is 11.5. The first-order valence-electron chi connectivity index (χ1n) is 9.64. The lowest BCUT2D eigenvalue weighted by molar-refractivity contribution is 0.417. The smallest absolute Gasteiger partial charge is 0.229 e. The molecule has 5 aromatic rings. The number of para-hydroxylation sites is 1. The van der Waals surface area contributed by atoms with E-state index in [0.717, 1.165) is 44.8 Å². The summed E-state index contributed by atoms with van der Waals surface area (Å²) in [6, 6.07) is 21.2. The predicted molar refractivity (Wildman–Crippen MR) is 126 cm³/mol. The summed E-state index contributed by atoms with van der Waals surface area (Å²) < 4.78 is 31.0. The van der Waals surface area contributed by atoms with E-state index in [2.05, 4.69) is 21.1 Å². The fourth-order valence-corrected chi connectivity index (χ4v) is 4.33. The molecule has 3 aromatic carbocycles. The molecule has 0 bridgehead atoms. The van der Waals surface area contributed by atoms with Gasteiger partial charge in [-0.1, -0.05) is 24.3 Å².